The number of rotatable bonds is 2. The van der Waals surface area contributed by atoms with Gasteiger partial charge in [-0.3, -0.25) is 0 Å². The first-order chi connectivity index (χ1) is 13.0. The van der Waals surface area contributed by atoms with E-state index in [9.17, 15) is 9.70 Å². The van der Waals surface area contributed by atoms with Gasteiger partial charge in [0.1, 0.15) is 5.41 Å². The maximum absolute atomic E-state index is 13.2. The van der Waals surface area contributed by atoms with E-state index in [1.807, 2.05) is 19.1 Å². The average Bonchev–Trinajstić information content (AvgIpc) is 3.02. The standard InChI is InChI=1S/C23H25N2O2/c1-15-21-13-18-17-9-6-12-25(27)22(26)23(15,2)19(17)10-11-20(18)24(21)14-16-7-4-3-5-8-16/h3-9,15,21H,10-14H2,1-2H3/q+1/b9-6-. The molecule has 2 heterocycles. The van der Waals surface area contributed by atoms with Gasteiger partial charge in [0.25, 0.3) is 0 Å². The number of amides is 1. The average molecular weight is 361 g/mol. The van der Waals surface area contributed by atoms with Crippen LogP contribution in [-0.2, 0) is 11.3 Å². The van der Waals surface area contributed by atoms with E-state index in [4.69, 9.17) is 0 Å². The normalized spacial score (nSPS) is 33.3. The van der Waals surface area contributed by atoms with Gasteiger partial charge in [0.05, 0.1) is 4.76 Å². The van der Waals surface area contributed by atoms with Crippen LogP contribution in [0.2, 0.25) is 0 Å². The molecular weight excluding hydrogens is 336 g/mol. The molecule has 0 aromatic heterocycles. The first kappa shape index (κ1) is 16.7. The number of fused-ring (bicyclic) bond motifs is 1. The molecule has 1 amide bonds. The van der Waals surface area contributed by atoms with Crippen molar-refractivity contribution in [2.45, 2.75) is 45.7 Å². The number of likely N-dealkylation sites (tertiary alicyclic amines) is 1. The van der Waals surface area contributed by atoms with Crippen LogP contribution in [0, 0.1) is 16.2 Å². The summed E-state index contributed by atoms with van der Waals surface area (Å²) in [7, 11) is 0. The molecule has 1 aromatic rings. The van der Waals surface area contributed by atoms with Gasteiger partial charge < -0.3 is 4.90 Å². The summed E-state index contributed by atoms with van der Waals surface area (Å²) in [6.45, 7) is 5.21. The summed E-state index contributed by atoms with van der Waals surface area (Å²) in [5, 5.41) is 0. The fourth-order valence-electron chi connectivity index (χ4n) is 5.70. The Kier molecular flexibility index (Phi) is 3.55. The smallest absolute Gasteiger partial charge is 0.367 e. The molecule has 2 aliphatic carbocycles. The zero-order chi connectivity index (χ0) is 18.8. The van der Waals surface area contributed by atoms with Gasteiger partial charge in [0, 0.05) is 23.2 Å². The quantitative estimate of drug-likeness (QED) is 0.744. The van der Waals surface area contributed by atoms with Gasteiger partial charge >= 0.3 is 5.91 Å². The highest BCUT2D eigenvalue weighted by molar-refractivity contribution is 5.81. The summed E-state index contributed by atoms with van der Waals surface area (Å²) in [4.78, 5) is 28.2. The van der Waals surface area contributed by atoms with Crippen LogP contribution in [0.1, 0.15) is 38.7 Å². The second-order valence-electron chi connectivity index (χ2n) is 8.46. The van der Waals surface area contributed by atoms with Gasteiger partial charge in [-0.05, 0) is 60.5 Å². The summed E-state index contributed by atoms with van der Waals surface area (Å²) < 4.78 is 0.668. The molecule has 4 aliphatic rings. The Morgan fingerprint density at radius 3 is 2.78 bits per heavy atom. The Bertz CT molecular complexity index is 940. The molecule has 0 radical (unpaired) electrons. The molecule has 5 rings (SSSR count). The highest BCUT2D eigenvalue weighted by atomic mass is 16.3. The van der Waals surface area contributed by atoms with E-state index < -0.39 is 5.41 Å². The molecule has 5 bridgehead atoms. The van der Waals surface area contributed by atoms with E-state index in [0.29, 0.717) is 4.76 Å². The molecule has 138 valence electrons. The van der Waals surface area contributed by atoms with E-state index >= 15 is 0 Å². The van der Waals surface area contributed by atoms with Crippen LogP contribution in [0.4, 0.5) is 0 Å². The molecule has 3 atom stereocenters. The molecule has 3 unspecified atom stereocenters. The molecule has 4 nitrogen and oxygen atoms in total. The van der Waals surface area contributed by atoms with Crippen molar-refractivity contribution in [1.29, 1.82) is 0 Å². The molecule has 0 saturated heterocycles. The van der Waals surface area contributed by atoms with Crippen molar-refractivity contribution in [1.82, 2.24) is 4.90 Å². The summed E-state index contributed by atoms with van der Waals surface area (Å²) >= 11 is 0. The van der Waals surface area contributed by atoms with E-state index in [-0.39, 0.29) is 24.4 Å². The number of carbonyl (C=O) groups excluding carboxylic acids is 1. The first-order valence-electron chi connectivity index (χ1n) is 9.94. The molecule has 0 spiro atoms. The van der Waals surface area contributed by atoms with Crippen LogP contribution < -0.4 is 0 Å². The van der Waals surface area contributed by atoms with E-state index in [1.165, 1.54) is 28.0 Å². The molecule has 0 fully saturated rings. The molecule has 4 heteroatoms. The second kappa shape index (κ2) is 5.75. The Hall–Kier alpha value is -2.49. The van der Waals surface area contributed by atoms with Crippen LogP contribution in [0.5, 0.6) is 0 Å². The predicted octanol–water partition coefficient (Wildman–Crippen LogP) is 4.14. The zero-order valence-corrected chi connectivity index (χ0v) is 15.9. The lowest BCUT2D eigenvalue weighted by molar-refractivity contribution is -0.467. The lowest BCUT2D eigenvalue weighted by atomic mass is 9.65. The van der Waals surface area contributed by atoms with Crippen molar-refractivity contribution >= 4 is 5.91 Å². The number of allylic oxidation sites excluding steroid dienone is 3. The van der Waals surface area contributed by atoms with E-state index in [1.54, 1.807) is 0 Å². The molecule has 1 aromatic carbocycles. The maximum Gasteiger partial charge on any atom is 0.443 e. The molecular formula is C23H25N2O2+. The summed E-state index contributed by atoms with van der Waals surface area (Å²) in [5.41, 5.74) is 5.88. The molecule has 27 heavy (non-hydrogen) atoms. The number of nitroso groups, excluding NO2 is 1. The fourth-order valence-corrected chi connectivity index (χ4v) is 5.70. The van der Waals surface area contributed by atoms with Gasteiger partial charge in [-0.15, -0.1) is 0 Å². The minimum Gasteiger partial charge on any atom is -0.367 e. The Balaban J connectivity index is 1.68. The second-order valence-corrected chi connectivity index (χ2v) is 8.46. The topological polar surface area (TPSA) is 40.4 Å². The Labute approximate surface area is 159 Å². The summed E-state index contributed by atoms with van der Waals surface area (Å²) in [6, 6.07) is 10.8. The maximum atomic E-state index is 13.2. The lowest BCUT2D eigenvalue weighted by Crippen LogP contribution is -2.51. The van der Waals surface area contributed by atoms with Crippen LogP contribution in [-0.4, -0.2) is 28.2 Å². The molecule has 2 aliphatic heterocycles. The highest BCUT2D eigenvalue weighted by Gasteiger charge is 2.59. The van der Waals surface area contributed by atoms with Crippen molar-refractivity contribution in [3.05, 3.63) is 75.4 Å². The SMILES string of the molecule is CC1C2CC3=C(CCC4=C3/C=C\C[N+](=O)C(=O)C41C)N2Cc1ccccc1. The van der Waals surface area contributed by atoms with Crippen LogP contribution in [0.3, 0.4) is 0 Å². The first-order valence-corrected chi connectivity index (χ1v) is 9.94. The van der Waals surface area contributed by atoms with Crippen LogP contribution >= 0.6 is 0 Å². The molecule has 0 saturated carbocycles. The highest BCUT2D eigenvalue weighted by Crippen LogP contribution is 2.57. The van der Waals surface area contributed by atoms with Crippen molar-refractivity contribution in [2.75, 3.05) is 6.54 Å². The summed E-state index contributed by atoms with van der Waals surface area (Å²) in [5.74, 6) is -0.167. The van der Waals surface area contributed by atoms with E-state index in [2.05, 4.69) is 42.2 Å². The van der Waals surface area contributed by atoms with E-state index in [0.717, 1.165) is 25.8 Å². The minimum absolute atomic E-state index is 0.0944. The number of carbonyl (C=O) groups is 1. The third-order valence-corrected chi connectivity index (χ3v) is 7.31. The largest absolute Gasteiger partial charge is 0.443 e. The van der Waals surface area contributed by atoms with Gasteiger partial charge in [0.2, 0.25) is 6.54 Å². The van der Waals surface area contributed by atoms with Crippen molar-refractivity contribution in [3.8, 4) is 0 Å². The van der Waals surface area contributed by atoms with Crippen molar-refractivity contribution in [3.63, 3.8) is 0 Å². The van der Waals surface area contributed by atoms with Crippen molar-refractivity contribution < 1.29 is 9.55 Å². The zero-order valence-electron chi connectivity index (χ0n) is 15.9. The van der Waals surface area contributed by atoms with Gasteiger partial charge in [0.15, 0.2) is 0 Å². The lowest BCUT2D eigenvalue weighted by Gasteiger charge is -2.44. The number of hydrogen-bond acceptors (Lipinski definition) is 3. The van der Waals surface area contributed by atoms with Crippen LogP contribution in [0.15, 0.2) is 64.9 Å². The minimum atomic E-state index is -0.713. The molecule has 0 N–H and O–H groups in total. The summed E-state index contributed by atoms with van der Waals surface area (Å²) in [6.07, 6.45) is 6.80. The Morgan fingerprint density at radius 2 is 2.00 bits per heavy atom. The third-order valence-electron chi connectivity index (χ3n) is 7.31. The number of nitrogens with zero attached hydrogens (tertiary/aromatic N) is 2. The van der Waals surface area contributed by atoms with Crippen LogP contribution in [0.25, 0.3) is 0 Å². The monoisotopic (exact) mass is 361 g/mol. The third kappa shape index (κ3) is 2.19. The van der Waals surface area contributed by atoms with Crippen molar-refractivity contribution in [2.24, 2.45) is 11.3 Å². The van der Waals surface area contributed by atoms with Gasteiger partial charge in [-0.25, -0.2) is 4.79 Å². The van der Waals surface area contributed by atoms with Gasteiger partial charge in [-0.2, -0.15) is 0 Å². The number of hydrogen-bond donors (Lipinski definition) is 0. The number of benzene rings is 1. The fraction of sp³-hybridized carbons (Fsp3) is 0.435. The predicted molar refractivity (Wildman–Crippen MR) is 104 cm³/mol. The Morgan fingerprint density at radius 1 is 1.22 bits per heavy atom. The van der Waals surface area contributed by atoms with Gasteiger partial charge in [-0.1, -0.05) is 43.3 Å².